The van der Waals surface area contributed by atoms with Gasteiger partial charge < -0.3 is 9.64 Å². The van der Waals surface area contributed by atoms with E-state index in [0.29, 0.717) is 12.5 Å². The molecule has 0 saturated carbocycles. The van der Waals surface area contributed by atoms with Gasteiger partial charge in [-0.2, -0.15) is 0 Å². The zero-order valence-corrected chi connectivity index (χ0v) is 10.7. The van der Waals surface area contributed by atoms with Crippen LogP contribution < -0.4 is 0 Å². The molecule has 3 nitrogen and oxygen atoms in total. The number of carbonyl (C=O) groups is 1. The van der Waals surface area contributed by atoms with Crippen molar-refractivity contribution < 1.29 is 9.53 Å². The summed E-state index contributed by atoms with van der Waals surface area (Å²) >= 11 is 0. The van der Waals surface area contributed by atoms with Crippen molar-refractivity contribution in [1.82, 2.24) is 4.90 Å². The van der Waals surface area contributed by atoms with Crippen molar-refractivity contribution in [3.05, 3.63) is 0 Å². The normalized spacial score (nSPS) is 13.3. The second-order valence-electron chi connectivity index (χ2n) is 4.60. The third kappa shape index (κ3) is 7.37. The fraction of sp³-hybridized carbons (Fsp3) is 0.917. The summed E-state index contributed by atoms with van der Waals surface area (Å²) in [4.78, 5) is 13.6. The monoisotopic (exact) mass is 215 g/mol. The van der Waals surface area contributed by atoms with Gasteiger partial charge in [-0.1, -0.05) is 20.8 Å². The maximum absolute atomic E-state index is 11.4. The summed E-state index contributed by atoms with van der Waals surface area (Å²) in [5.41, 5.74) is 0. The molecule has 0 fully saturated rings. The summed E-state index contributed by atoms with van der Waals surface area (Å²) in [6.45, 7) is 10.5. The van der Waals surface area contributed by atoms with Gasteiger partial charge in [-0.05, 0) is 32.9 Å². The molecule has 3 heteroatoms. The Labute approximate surface area is 93.8 Å². The molecule has 0 aromatic heterocycles. The molecule has 1 unspecified atom stereocenters. The average Bonchev–Trinajstić information content (AvgIpc) is 2.15. The van der Waals surface area contributed by atoms with E-state index in [2.05, 4.69) is 25.8 Å². The molecule has 1 atom stereocenters. The van der Waals surface area contributed by atoms with E-state index >= 15 is 0 Å². The van der Waals surface area contributed by atoms with Crippen molar-refractivity contribution in [3.63, 3.8) is 0 Å². The van der Waals surface area contributed by atoms with Crippen LogP contribution in [-0.4, -0.2) is 37.6 Å². The van der Waals surface area contributed by atoms with Crippen LogP contribution in [-0.2, 0) is 9.53 Å². The largest absolute Gasteiger partial charge is 0.466 e. The molecule has 0 aliphatic rings. The SMILES string of the molecule is CCOC(=O)C(C)CN(C)CCC(C)C. The minimum Gasteiger partial charge on any atom is -0.466 e. The van der Waals surface area contributed by atoms with E-state index in [1.54, 1.807) is 0 Å². The summed E-state index contributed by atoms with van der Waals surface area (Å²) in [5.74, 6) is 0.598. The Balaban J connectivity index is 3.74. The van der Waals surface area contributed by atoms with E-state index < -0.39 is 0 Å². The van der Waals surface area contributed by atoms with Gasteiger partial charge in [0, 0.05) is 6.54 Å². The van der Waals surface area contributed by atoms with Crippen molar-refractivity contribution in [1.29, 1.82) is 0 Å². The van der Waals surface area contributed by atoms with Gasteiger partial charge in [0.2, 0.25) is 0 Å². The quantitative estimate of drug-likeness (QED) is 0.610. The topological polar surface area (TPSA) is 29.5 Å². The minimum atomic E-state index is -0.0890. The first-order valence-corrected chi connectivity index (χ1v) is 5.82. The highest BCUT2D eigenvalue weighted by atomic mass is 16.5. The van der Waals surface area contributed by atoms with E-state index in [4.69, 9.17) is 4.74 Å². The van der Waals surface area contributed by atoms with Crippen LogP contribution in [0.1, 0.15) is 34.1 Å². The summed E-state index contributed by atoms with van der Waals surface area (Å²) in [6, 6.07) is 0. The van der Waals surface area contributed by atoms with Crippen molar-refractivity contribution in [2.24, 2.45) is 11.8 Å². The lowest BCUT2D eigenvalue weighted by atomic mass is 10.1. The van der Waals surface area contributed by atoms with Crippen molar-refractivity contribution in [2.75, 3.05) is 26.7 Å². The molecule has 0 aliphatic carbocycles. The van der Waals surface area contributed by atoms with Crippen LogP contribution in [0.5, 0.6) is 0 Å². The Hall–Kier alpha value is -0.570. The molecule has 0 heterocycles. The molecular formula is C12H25NO2. The molecule has 0 rings (SSSR count). The summed E-state index contributed by atoms with van der Waals surface area (Å²) in [5, 5.41) is 0. The Morgan fingerprint density at radius 2 is 1.93 bits per heavy atom. The summed E-state index contributed by atoms with van der Waals surface area (Å²) in [6.07, 6.45) is 1.17. The van der Waals surface area contributed by atoms with Crippen LogP contribution in [0.2, 0.25) is 0 Å². The molecule has 15 heavy (non-hydrogen) atoms. The second kappa shape index (κ2) is 7.69. The van der Waals surface area contributed by atoms with Crippen molar-refractivity contribution in [3.8, 4) is 0 Å². The number of nitrogens with zero attached hydrogens (tertiary/aromatic N) is 1. The van der Waals surface area contributed by atoms with Gasteiger partial charge in [0.15, 0.2) is 0 Å². The van der Waals surface area contributed by atoms with Crippen LogP contribution >= 0.6 is 0 Å². The number of rotatable bonds is 7. The standard InChI is InChI=1S/C12H25NO2/c1-6-15-12(14)11(4)9-13(5)8-7-10(2)3/h10-11H,6-9H2,1-5H3. The van der Waals surface area contributed by atoms with Gasteiger partial charge in [-0.3, -0.25) is 4.79 Å². The summed E-state index contributed by atoms with van der Waals surface area (Å²) < 4.78 is 4.96. The van der Waals surface area contributed by atoms with E-state index in [0.717, 1.165) is 13.1 Å². The van der Waals surface area contributed by atoms with Gasteiger partial charge in [-0.15, -0.1) is 0 Å². The van der Waals surface area contributed by atoms with Crippen molar-refractivity contribution >= 4 is 5.97 Å². The highest BCUT2D eigenvalue weighted by Crippen LogP contribution is 2.05. The van der Waals surface area contributed by atoms with E-state index in [9.17, 15) is 4.79 Å². The van der Waals surface area contributed by atoms with Gasteiger partial charge in [-0.25, -0.2) is 0 Å². The Bertz CT molecular complexity index is 180. The van der Waals surface area contributed by atoms with Gasteiger partial charge in [0.1, 0.15) is 0 Å². The smallest absolute Gasteiger partial charge is 0.309 e. The van der Waals surface area contributed by atoms with E-state index in [1.165, 1.54) is 6.42 Å². The fourth-order valence-electron chi connectivity index (χ4n) is 1.40. The van der Waals surface area contributed by atoms with Crippen LogP contribution in [0.3, 0.4) is 0 Å². The average molecular weight is 215 g/mol. The predicted octanol–water partition coefficient (Wildman–Crippen LogP) is 2.16. The molecule has 0 amide bonds. The first kappa shape index (κ1) is 14.4. The molecule has 0 saturated heterocycles. The zero-order valence-electron chi connectivity index (χ0n) is 10.7. The maximum Gasteiger partial charge on any atom is 0.309 e. The van der Waals surface area contributed by atoms with E-state index in [1.807, 2.05) is 13.8 Å². The third-order valence-electron chi connectivity index (χ3n) is 2.36. The lowest BCUT2D eigenvalue weighted by Crippen LogP contribution is -2.31. The lowest BCUT2D eigenvalue weighted by molar-refractivity contribution is -0.147. The minimum absolute atomic E-state index is 0.0258. The molecule has 0 spiro atoms. The van der Waals surface area contributed by atoms with Crippen LogP contribution in [0.4, 0.5) is 0 Å². The number of esters is 1. The number of hydrogen-bond acceptors (Lipinski definition) is 3. The Kier molecular flexibility index (Phi) is 7.39. The third-order valence-corrected chi connectivity index (χ3v) is 2.36. The van der Waals surface area contributed by atoms with E-state index in [-0.39, 0.29) is 11.9 Å². The number of ether oxygens (including phenoxy) is 1. The lowest BCUT2D eigenvalue weighted by Gasteiger charge is -2.20. The van der Waals surface area contributed by atoms with Gasteiger partial charge >= 0.3 is 5.97 Å². The molecule has 0 radical (unpaired) electrons. The number of carbonyl (C=O) groups excluding carboxylic acids is 1. The second-order valence-corrected chi connectivity index (χ2v) is 4.60. The Morgan fingerprint density at radius 1 is 1.33 bits per heavy atom. The van der Waals surface area contributed by atoms with Crippen LogP contribution in [0.25, 0.3) is 0 Å². The maximum atomic E-state index is 11.4. The van der Waals surface area contributed by atoms with Gasteiger partial charge in [0.05, 0.1) is 12.5 Å². The van der Waals surface area contributed by atoms with Crippen LogP contribution in [0.15, 0.2) is 0 Å². The van der Waals surface area contributed by atoms with Crippen LogP contribution in [0, 0.1) is 11.8 Å². The predicted molar refractivity (Wildman–Crippen MR) is 62.7 cm³/mol. The van der Waals surface area contributed by atoms with Gasteiger partial charge in [0.25, 0.3) is 0 Å². The first-order valence-electron chi connectivity index (χ1n) is 5.82. The molecule has 0 aliphatic heterocycles. The molecule has 0 aromatic carbocycles. The molecule has 0 bridgehead atoms. The Morgan fingerprint density at radius 3 is 2.40 bits per heavy atom. The number of hydrogen-bond donors (Lipinski definition) is 0. The molecule has 0 N–H and O–H groups in total. The summed E-state index contributed by atoms with van der Waals surface area (Å²) in [7, 11) is 2.05. The zero-order chi connectivity index (χ0) is 11.8. The molecule has 0 aromatic rings. The first-order chi connectivity index (χ1) is 6.97. The van der Waals surface area contributed by atoms with Crippen molar-refractivity contribution in [2.45, 2.75) is 34.1 Å². The highest BCUT2D eigenvalue weighted by Gasteiger charge is 2.15. The highest BCUT2D eigenvalue weighted by molar-refractivity contribution is 5.72. The fourth-order valence-corrected chi connectivity index (χ4v) is 1.40. The molecule has 90 valence electrons. The molecular weight excluding hydrogens is 190 g/mol.